The summed E-state index contributed by atoms with van der Waals surface area (Å²) in [6, 6.07) is 0. The van der Waals surface area contributed by atoms with Crippen LogP contribution in [0.2, 0.25) is 0 Å². The van der Waals surface area contributed by atoms with Gasteiger partial charge in [0.2, 0.25) is 5.91 Å². The van der Waals surface area contributed by atoms with Gasteiger partial charge in [0.15, 0.2) is 0 Å². The molecule has 15 heavy (non-hydrogen) atoms. The van der Waals surface area contributed by atoms with Crippen LogP contribution in [0.5, 0.6) is 0 Å². The van der Waals surface area contributed by atoms with Crippen molar-refractivity contribution in [3.63, 3.8) is 0 Å². The van der Waals surface area contributed by atoms with Crippen LogP contribution in [0.3, 0.4) is 0 Å². The molecular formula is C12H22N2O. The lowest BCUT2D eigenvalue weighted by atomic mass is 9.95. The average molecular weight is 210 g/mol. The van der Waals surface area contributed by atoms with Crippen LogP contribution in [0.1, 0.15) is 46.5 Å². The minimum atomic E-state index is 0.0560. The molecule has 0 aromatic heterocycles. The molecule has 1 saturated heterocycles. The van der Waals surface area contributed by atoms with Crippen LogP contribution in [-0.2, 0) is 4.79 Å². The minimum absolute atomic E-state index is 0.0560. The number of nitrogens with one attached hydrogen (secondary N) is 1. The monoisotopic (exact) mass is 210 g/mol. The summed E-state index contributed by atoms with van der Waals surface area (Å²) in [4.78, 5) is 14.0. The van der Waals surface area contributed by atoms with Crippen LogP contribution < -0.4 is 5.32 Å². The van der Waals surface area contributed by atoms with Gasteiger partial charge in [-0.3, -0.25) is 10.1 Å². The Balaban J connectivity index is 2.12. The molecule has 0 spiro atoms. The molecule has 1 unspecified atom stereocenters. The first kappa shape index (κ1) is 10.9. The molecule has 1 aliphatic heterocycles. The van der Waals surface area contributed by atoms with Crippen molar-refractivity contribution >= 4 is 5.91 Å². The third kappa shape index (κ3) is 1.89. The molecule has 2 rings (SSSR count). The van der Waals surface area contributed by atoms with Gasteiger partial charge in [0.25, 0.3) is 0 Å². The Morgan fingerprint density at radius 3 is 2.67 bits per heavy atom. The summed E-state index contributed by atoms with van der Waals surface area (Å²) in [5, 5.41) is 3.32. The lowest BCUT2D eigenvalue weighted by Crippen LogP contribution is -2.52. The molecule has 0 aromatic carbocycles. The summed E-state index contributed by atoms with van der Waals surface area (Å²) in [6.45, 7) is 7.14. The van der Waals surface area contributed by atoms with Crippen molar-refractivity contribution in [2.24, 2.45) is 5.92 Å². The molecule has 1 aliphatic carbocycles. The van der Waals surface area contributed by atoms with Gasteiger partial charge >= 0.3 is 0 Å². The number of carbonyl (C=O) groups excluding carboxylic acids is 1. The SMILES string of the molecule is CCCC1NCC(=O)N1C(C)(C)C1CC1. The number of hydrogen-bond acceptors (Lipinski definition) is 2. The van der Waals surface area contributed by atoms with E-state index in [1.165, 1.54) is 12.8 Å². The number of carbonyl (C=O) groups is 1. The van der Waals surface area contributed by atoms with Gasteiger partial charge in [-0.1, -0.05) is 13.3 Å². The van der Waals surface area contributed by atoms with Gasteiger partial charge in [0, 0.05) is 5.54 Å². The second kappa shape index (κ2) is 3.78. The highest BCUT2D eigenvalue weighted by molar-refractivity contribution is 5.81. The van der Waals surface area contributed by atoms with Crippen LogP contribution in [-0.4, -0.2) is 29.1 Å². The normalized spacial score (nSPS) is 27.5. The molecule has 1 heterocycles. The molecule has 0 radical (unpaired) electrons. The maximum atomic E-state index is 11.9. The van der Waals surface area contributed by atoms with Crippen LogP contribution in [0, 0.1) is 5.92 Å². The Hall–Kier alpha value is -0.570. The van der Waals surface area contributed by atoms with Gasteiger partial charge in [-0.2, -0.15) is 0 Å². The lowest BCUT2D eigenvalue weighted by Gasteiger charge is -2.40. The Labute approximate surface area is 92.2 Å². The molecular weight excluding hydrogens is 188 g/mol. The van der Waals surface area contributed by atoms with E-state index in [1.807, 2.05) is 0 Å². The maximum absolute atomic E-state index is 11.9. The van der Waals surface area contributed by atoms with E-state index in [2.05, 4.69) is 31.0 Å². The van der Waals surface area contributed by atoms with Crippen molar-refractivity contribution < 1.29 is 4.79 Å². The lowest BCUT2D eigenvalue weighted by molar-refractivity contribution is -0.134. The van der Waals surface area contributed by atoms with Crippen LogP contribution >= 0.6 is 0 Å². The topological polar surface area (TPSA) is 32.3 Å². The Kier molecular flexibility index (Phi) is 2.75. The summed E-state index contributed by atoms with van der Waals surface area (Å²) in [6.07, 6.45) is 5.05. The molecule has 2 fully saturated rings. The highest BCUT2D eigenvalue weighted by Gasteiger charge is 2.48. The fourth-order valence-electron chi connectivity index (χ4n) is 2.77. The second-order valence-electron chi connectivity index (χ2n) is 5.38. The maximum Gasteiger partial charge on any atom is 0.238 e. The first-order chi connectivity index (χ1) is 7.07. The van der Waals surface area contributed by atoms with E-state index in [9.17, 15) is 4.79 Å². The van der Waals surface area contributed by atoms with Crippen molar-refractivity contribution in [2.75, 3.05) is 6.54 Å². The minimum Gasteiger partial charge on any atom is -0.321 e. The quantitative estimate of drug-likeness (QED) is 0.766. The van der Waals surface area contributed by atoms with E-state index < -0.39 is 0 Å². The van der Waals surface area contributed by atoms with Gasteiger partial charge in [-0.25, -0.2) is 0 Å². The first-order valence-electron chi connectivity index (χ1n) is 6.13. The van der Waals surface area contributed by atoms with Crippen molar-refractivity contribution in [3.8, 4) is 0 Å². The molecule has 3 nitrogen and oxygen atoms in total. The Bertz CT molecular complexity index is 258. The van der Waals surface area contributed by atoms with Crippen molar-refractivity contribution in [1.29, 1.82) is 0 Å². The van der Waals surface area contributed by atoms with E-state index in [1.54, 1.807) is 0 Å². The third-order valence-corrected chi connectivity index (χ3v) is 3.83. The third-order valence-electron chi connectivity index (χ3n) is 3.83. The average Bonchev–Trinajstić information content (AvgIpc) is 2.93. The highest BCUT2D eigenvalue weighted by Crippen LogP contribution is 2.44. The van der Waals surface area contributed by atoms with E-state index in [4.69, 9.17) is 0 Å². The highest BCUT2D eigenvalue weighted by atomic mass is 16.2. The number of hydrogen-bond donors (Lipinski definition) is 1. The molecule has 0 aromatic rings. The summed E-state index contributed by atoms with van der Waals surface area (Å²) in [5.74, 6) is 1.01. The molecule has 3 heteroatoms. The fourth-order valence-corrected chi connectivity index (χ4v) is 2.77. The Morgan fingerprint density at radius 2 is 2.13 bits per heavy atom. The van der Waals surface area contributed by atoms with Gasteiger partial charge in [-0.15, -0.1) is 0 Å². The standard InChI is InChI=1S/C12H22N2O/c1-4-5-10-13-8-11(15)14(10)12(2,3)9-6-7-9/h9-10,13H,4-8H2,1-3H3. The van der Waals surface area contributed by atoms with E-state index in [0.717, 1.165) is 18.8 Å². The summed E-state index contributed by atoms with van der Waals surface area (Å²) in [5.41, 5.74) is 0.0560. The number of nitrogens with zero attached hydrogens (tertiary/aromatic N) is 1. The molecule has 0 bridgehead atoms. The summed E-state index contributed by atoms with van der Waals surface area (Å²) in [7, 11) is 0. The summed E-state index contributed by atoms with van der Waals surface area (Å²) >= 11 is 0. The van der Waals surface area contributed by atoms with E-state index >= 15 is 0 Å². The predicted octanol–water partition coefficient (Wildman–Crippen LogP) is 1.73. The van der Waals surface area contributed by atoms with E-state index in [-0.39, 0.29) is 17.6 Å². The van der Waals surface area contributed by atoms with E-state index in [0.29, 0.717) is 6.54 Å². The molecule has 2 aliphatic rings. The predicted molar refractivity (Wildman–Crippen MR) is 60.3 cm³/mol. The Morgan fingerprint density at radius 1 is 1.47 bits per heavy atom. The van der Waals surface area contributed by atoms with Gasteiger partial charge in [0.1, 0.15) is 0 Å². The zero-order valence-corrected chi connectivity index (χ0v) is 10.0. The van der Waals surface area contributed by atoms with Gasteiger partial charge in [-0.05, 0) is 39.0 Å². The molecule has 1 saturated carbocycles. The van der Waals surface area contributed by atoms with Crippen LogP contribution in [0.4, 0.5) is 0 Å². The smallest absolute Gasteiger partial charge is 0.238 e. The fraction of sp³-hybridized carbons (Fsp3) is 0.917. The second-order valence-corrected chi connectivity index (χ2v) is 5.38. The first-order valence-corrected chi connectivity index (χ1v) is 6.13. The summed E-state index contributed by atoms with van der Waals surface area (Å²) < 4.78 is 0. The molecule has 1 amide bonds. The van der Waals surface area contributed by atoms with Gasteiger partial charge in [0.05, 0.1) is 12.7 Å². The number of amides is 1. The molecule has 86 valence electrons. The zero-order valence-electron chi connectivity index (χ0n) is 10.0. The molecule has 1 N–H and O–H groups in total. The molecule has 1 atom stereocenters. The van der Waals surface area contributed by atoms with Crippen molar-refractivity contribution in [3.05, 3.63) is 0 Å². The van der Waals surface area contributed by atoms with Crippen LogP contribution in [0.25, 0.3) is 0 Å². The largest absolute Gasteiger partial charge is 0.321 e. The number of rotatable bonds is 4. The zero-order chi connectivity index (χ0) is 11.1. The van der Waals surface area contributed by atoms with Crippen molar-refractivity contribution in [1.82, 2.24) is 10.2 Å². The van der Waals surface area contributed by atoms with Crippen LogP contribution in [0.15, 0.2) is 0 Å². The van der Waals surface area contributed by atoms with Crippen molar-refractivity contribution in [2.45, 2.75) is 58.2 Å². The van der Waals surface area contributed by atoms with Gasteiger partial charge < -0.3 is 4.90 Å².